The Morgan fingerprint density at radius 3 is 2.45 bits per heavy atom. The third kappa shape index (κ3) is 3.29. The van der Waals surface area contributed by atoms with E-state index in [1.807, 2.05) is 0 Å². The molecule has 2 fully saturated rings. The average molecular weight is 300 g/mol. The largest absolute Gasteiger partial charge is 0.368 e. The molecule has 3 rings (SSSR count). The Balaban J connectivity index is 1.55. The summed E-state index contributed by atoms with van der Waals surface area (Å²) >= 11 is 0. The Kier molecular flexibility index (Phi) is 4.70. The highest BCUT2D eigenvalue weighted by Crippen LogP contribution is 2.29. The normalized spacial score (nSPS) is 19.7. The maximum Gasteiger partial charge on any atom is 0.222 e. The van der Waals surface area contributed by atoms with Crippen LogP contribution in [0.2, 0.25) is 0 Å². The predicted molar refractivity (Wildman–Crippen MR) is 91.3 cm³/mol. The van der Waals surface area contributed by atoms with E-state index in [1.54, 1.807) is 0 Å². The van der Waals surface area contributed by atoms with E-state index in [2.05, 4.69) is 41.8 Å². The van der Waals surface area contributed by atoms with Crippen molar-refractivity contribution >= 4 is 11.6 Å². The van der Waals surface area contributed by atoms with Crippen molar-refractivity contribution in [3.8, 4) is 0 Å². The molecule has 0 aromatic heterocycles. The highest BCUT2D eigenvalue weighted by molar-refractivity contribution is 5.77. The number of hydrogen-bond donors (Lipinski definition) is 0. The smallest absolute Gasteiger partial charge is 0.222 e. The second kappa shape index (κ2) is 6.72. The number of nitrogens with zero attached hydrogens (tertiary/aromatic N) is 2. The Labute approximate surface area is 134 Å². The minimum absolute atomic E-state index is 0.382. The lowest BCUT2D eigenvalue weighted by Crippen LogP contribution is -2.49. The van der Waals surface area contributed by atoms with Crippen molar-refractivity contribution in [1.29, 1.82) is 0 Å². The lowest BCUT2D eigenvalue weighted by molar-refractivity contribution is -0.132. The Hall–Kier alpha value is -1.51. The average Bonchev–Trinajstić information content (AvgIpc) is 3.03. The Morgan fingerprint density at radius 2 is 1.77 bits per heavy atom. The summed E-state index contributed by atoms with van der Waals surface area (Å²) in [6, 6.07) is 6.51. The summed E-state index contributed by atoms with van der Waals surface area (Å²) in [6.45, 7) is 8.03. The van der Waals surface area contributed by atoms with Crippen LogP contribution in [0.5, 0.6) is 0 Å². The Bertz CT molecular complexity index is 526. The van der Waals surface area contributed by atoms with Crippen LogP contribution < -0.4 is 4.90 Å². The van der Waals surface area contributed by atoms with Crippen LogP contribution in [0.25, 0.3) is 0 Å². The first-order valence-electron chi connectivity index (χ1n) is 8.74. The van der Waals surface area contributed by atoms with E-state index in [4.69, 9.17) is 0 Å². The van der Waals surface area contributed by atoms with Gasteiger partial charge in [0.25, 0.3) is 0 Å². The maximum absolute atomic E-state index is 12.4. The fraction of sp³-hybridized carbons (Fsp3) is 0.632. The van der Waals surface area contributed by atoms with E-state index in [-0.39, 0.29) is 0 Å². The van der Waals surface area contributed by atoms with E-state index in [0.29, 0.717) is 11.8 Å². The lowest BCUT2D eigenvalue weighted by atomic mass is 10.0. The van der Waals surface area contributed by atoms with Gasteiger partial charge in [-0.25, -0.2) is 0 Å². The topological polar surface area (TPSA) is 23.6 Å². The molecule has 0 unspecified atom stereocenters. The fourth-order valence-corrected chi connectivity index (χ4v) is 3.87. The number of hydrogen-bond acceptors (Lipinski definition) is 2. The van der Waals surface area contributed by atoms with Crippen LogP contribution in [0.4, 0.5) is 5.69 Å². The van der Waals surface area contributed by atoms with Crippen molar-refractivity contribution in [2.75, 3.05) is 31.1 Å². The maximum atomic E-state index is 12.4. The van der Waals surface area contributed by atoms with Crippen LogP contribution in [-0.4, -0.2) is 37.0 Å². The van der Waals surface area contributed by atoms with Gasteiger partial charge in [-0.15, -0.1) is 0 Å². The molecule has 2 aliphatic rings. The first-order valence-corrected chi connectivity index (χ1v) is 8.74. The van der Waals surface area contributed by atoms with Gasteiger partial charge in [-0.2, -0.15) is 0 Å². The zero-order valence-electron chi connectivity index (χ0n) is 14.0. The number of amides is 1. The predicted octanol–water partition coefficient (Wildman–Crippen LogP) is 3.53. The van der Waals surface area contributed by atoms with E-state index in [9.17, 15) is 4.79 Å². The van der Waals surface area contributed by atoms with Gasteiger partial charge in [0, 0.05) is 38.3 Å². The first-order chi connectivity index (χ1) is 10.6. The Morgan fingerprint density at radius 1 is 1.09 bits per heavy atom. The van der Waals surface area contributed by atoms with E-state index < -0.39 is 0 Å². The number of aryl methyl sites for hydroxylation is 1. The first kappa shape index (κ1) is 15.4. The third-order valence-electron chi connectivity index (χ3n) is 5.49. The zero-order chi connectivity index (χ0) is 15.5. The second-order valence-electron chi connectivity index (χ2n) is 6.94. The molecule has 1 amide bonds. The monoisotopic (exact) mass is 300 g/mol. The van der Waals surface area contributed by atoms with Gasteiger partial charge in [0.05, 0.1) is 0 Å². The van der Waals surface area contributed by atoms with Crippen LogP contribution in [0.1, 0.15) is 43.2 Å². The fourth-order valence-electron chi connectivity index (χ4n) is 3.87. The molecule has 3 nitrogen and oxygen atoms in total. The summed E-state index contributed by atoms with van der Waals surface area (Å²) in [5, 5.41) is 0. The van der Waals surface area contributed by atoms with Crippen LogP contribution in [0, 0.1) is 19.8 Å². The van der Waals surface area contributed by atoms with Crippen molar-refractivity contribution in [3.05, 3.63) is 29.3 Å². The third-order valence-corrected chi connectivity index (χ3v) is 5.49. The highest BCUT2D eigenvalue weighted by atomic mass is 16.2. The highest BCUT2D eigenvalue weighted by Gasteiger charge is 2.25. The molecule has 0 spiro atoms. The molecule has 120 valence electrons. The SMILES string of the molecule is Cc1cccc(N2CCN(C(=O)CC3CCCC3)CC2)c1C. The molecule has 1 aromatic carbocycles. The zero-order valence-corrected chi connectivity index (χ0v) is 14.0. The van der Waals surface area contributed by atoms with Crippen molar-refractivity contribution in [2.24, 2.45) is 5.92 Å². The number of anilines is 1. The van der Waals surface area contributed by atoms with Gasteiger partial charge in [-0.3, -0.25) is 4.79 Å². The van der Waals surface area contributed by atoms with Crippen molar-refractivity contribution in [1.82, 2.24) is 4.90 Å². The molecule has 0 bridgehead atoms. The minimum atomic E-state index is 0.382. The summed E-state index contributed by atoms with van der Waals surface area (Å²) in [6.07, 6.45) is 5.93. The molecule has 0 N–H and O–H groups in total. The van der Waals surface area contributed by atoms with Gasteiger partial charge in [0.2, 0.25) is 5.91 Å². The number of carbonyl (C=O) groups is 1. The second-order valence-corrected chi connectivity index (χ2v) is 6.94. The number of carbonyl (C=O) groups excluding carboxylic acids is 1. The summed E-state index contributed by atoms with van der Waals surface area (Å²) in [5.41, 5.74) is 4.05. The van der Waals surface area contributed by atoms with Crippen LogP contribution >= 0.6 is 0 Å². The van der Waals surface area contributed by atoms with Gasteiger partial charge in [0.15, 0.2) is 0 Å². The number of benzene rings is 1. The lowest BCUT2D eigenvalue weighted by Gasteiger charge is -2.37. The molecule has 1 aromatic rings. The molecule has 1 aliphatic heterocycles. The van der Waals surface area contributed by atoms with Gasteiger partial charge >= 0.3 is 0 Å². The van der Waals surface area contributed by atoms with Crippen molar-refractivity contribution < 1.29 is 4.79 Å². The summed E-state index contributed by atoms with van der Waals surface area (Å²) in [5.74, 6) is 1.04. The molecule has 1 saturated heterocycles. The molecule has 0 radical (unpaired) electrons. The molecular weight excluding hydrogens is 272 g/mol. The van der Waals surface area contributed by atoms with Gasteiger partial charge < -0.3 is 9.80 Å². The van der Waals surface area contributed by atoms with Crippen molar-refractivity contribution in [2.45, 2.75) is 46.0 Å². The number of rotatable bonds is 3. The van der Waals surface area contributed by atoms with Gasteiger partial charge in [-0.05, 0) is 49.8 Å². The molecular formula is C19H28N2O. The molecule has 22 heavy (non-hydrogen) atoms. The quantitative estimate of drug-likeness (QED) is 0.852. The summed E-state index contributed by atoms with van der Waals surface area (Å²) < 4.78 is 0. The van der Waals surface area contributed by atoms with Gasteiger partial charge in [0.1, 0.15) is 0 Å². The van der Waals surface area contributed by atoms with Gasteiger partial charge in [-0.1, -0.05) is 25.0 Å². The number of piperazine rings is 1. The van der Waals surface area contributed by atoms with Crippen LogP contribution in [-0.2, 0) is 4.79 Å². The standard InChI is InChI=1S/C19H28N2O/c1-15-6-5-9-18(16(15)2)20-10-12-21(13-11-20)19(22)14-17-7-3-4-8-17/h5-6,9,17H,3-4,7-8,10-14H2,1-2H3. The van der Waals surface area contributed by atoms with E-state index >= 15 is 0 Å². The van der Waals surface area contributed by atoms with E-state index in [0.717, 1.165) is 32.6 Å². The molecule has 1 aliphatic carbocycles. The van der Waals surface area contributed by atoms with Crippen molar-refractivity contribution in [3.63, 3.8) is 0 Å². The molecule has 3 heteroatoms. The van der Waals surface area contributed by atoms with E-state index in [1.165, 1.54) is 42.5 Å². The molecule has 0 atom stereocenters. The van der Waals surface area contributed by atoms with Crippen LogP contribution in [0.3, 0.4) is 0 Å². The summed E-state index contributed by atoms with van der Waals surface area (Å²) in [7, 11) is 0. The molecule has 1 heterocycles. The minimum Gasteiger partial charge on any atom is -0.368 e. The van der Waals surface area contributed by atoms with Crippen LogP contribution in [0.15, 0.2) is 18.2 Å². The molecule has 1 saturated carbocycles. The summed E-state index contributed by atoms with van der Waals surface area (Å²) in [4.78, 5) is 16.9.